The second-order valence-corrected chi connectivity index (χ2v) is 6.78. The van der Waals surface area contributed by atoms with Gasteiger partial charge < -0.3 is 5.32 Å². The van der Waals surface area contributed by atoms with Crippen LogP contribution in [0.2, 0.25) is 0 Å². The van der Waals surface area contributed by atoms with Gasteiger partial charge in [0.25, 0.3) is 0 Å². The quantitative estimate of drug-likeness (QED) is 0.716. The molecule has 25 heavy (non-hydrogen) atoms. The van der Waals surface area contributed by atoms with E-state index in [9.17, 15) is 4.79 Å². The minimum atomic E-state index is -0.120. The molecule has 1 aliphatic rings. The standard InChI is InChI=1S/C19H13BrN4O/c20-14-2-1-3-15(8-14)24-11-22-18-16(9-17(25)23-19(18)24)13-6-4-12(10-21)5-7-13/h1-8,11,16H,9H2,(H,23,25). The van der Waals surface area contributed by atoms with Gasteiger partial charge in [0, 0.05) is 22.5 Å². The summed E-state index contributed by atoms with van der Waals surface area (Å²) >= 11 is 3.47. The molecule has 1 atom stereocenters. The minimum Gasteiger partial charge on any atom is -0.310 e. The zero-order chi connectivity index (χ0) is 17.4. The summed E-state index contributed by atoms with van der Waals surface area (Å²) in [6, 6.07) is 17.3. The Morgan fingerprint density at radius 2 is 2.04 bits per heavy atom. The van der Waals surface area contributed by atoms with E-state index >= 15 is 0 Å². The normalized spacial score (nSPS) is 16.0. The highest BCUT2D eigenvalue weighted by atomic mass is 79.9. The Bertz CT molecular complexity index is 1000. The van der Waals surface area contributed by atoms with Crippen LogP contribution in [0.3, 0.4) is 0 Å². The number of hydrogen-bond donors (Lipinski definition) is 1. The summed E-state index contributed by atoms with van der Waals surface area (Å²) in [4.78, 5) is 16.8. The first kappa shape index (κ1) is 15.6. The summed E-state index contributed by atoms with van der Waals surface area (Å²) < 4.78 is 2.84. The molecule has 2 aromatic carbocycles. The van der Waals surface area contributed by atoms with E-state index in [0.29, 0.717) is 17.8 Å². The first-order valence-electron chi connectivity index (χ1n) is 7.79. The molecule has 0 bridgehead atoms. The third kappa shape index (κ3) is 2.83. The van der Waals surface area contributed by atoms with Crippen LogP contribution in [0, 0.1) is 11.3 Å². The Hall–Kier alpha value is -2.91. The molecule has 1 unspecified atom stereocenters. The van der Waals surface area contributed by atoms with Gasteiger partial charge in [-0.05, 0) is 35.9 Å². The van der Waals surface area contributed by atoms with E-state index in [1.54, 1.807) is 18.5 Å². The number of carbonyl (C=O) groups is 1. The smallest absolute Gasteiger partial charge is 0.226 e. The third-order valence-corrected chi connectivity index (χ3v) is 4.79. The lowest BCUT2D eigenvalue weighted by atomic mass is 9.89. The number of carbonyl (C=O) groups excluding carboxylic acids is 1. The summed E-state index contributed by atoms with van der Waals surface area (Å²) in [6.45, 7) is 0. The Balaban J connectivity index is 1.80. The maximum absolute atomic E-state index is 12.3. The SMILES string of the molecule is N#Cc1ccc(C2CC(=O)Nc3c2ncn3-c2cccc(Br)c2)cc1. The van der Waals surface area contributed by atoms with Crippen LogP contribution >= 0.6 is 15.9 Å². The van der Waals surface area contributed by atoms with Crippen LogP contribution in [0.5, 0.6) is 0 Å². The number of imidazole rings is 1. The first-order valence-corrected chi connectivity index (χ1v) is 8.58. The molecule has 2 heterocycles. The highest BCUT2D eigenvalue weighted by Crippen LogP contribution is 2.37. The Morgan fingerprint density at radius 3 is 2.76 bits per heavy atom. The number of benzene rings is 2. The first-order chi connectivity index (χ1) is 12.2. The fraction of sp³-hybridized carbons (Fsp3) is 0.105. The molecule has 122 valence electrons. The number of amides is 1. The number of nitrogens with one attached hydrogen (secondary N) is 1. The van der Waals surface area contributed by atoms with Gasteiger partial charge in [-0.15, -0.1) is 0 Å². The van der Waals surface area contributed by atoms with Crippen LogP contribution in [0.15, 0.2) is 59.3 Å². The lowest BCUT2D eigenvalue weighted by Crippen LogP contribution is -2.24. The van der Waals surface area contributed by atoms with Gasteiger partial charge in [0.15, 0.2) is 0 Å². The lowest BCUT2D eigenvalue weighted by Gasteiger charge is -2.23. The molecule has 6 heteroatoms. The lowest BCUT2D eigenvalue weighted by molar-refractivity contribution is -0.116. The van der Waals surface area contributed by atoms with E-state index in [2.05, 4.69) is 32.3 Å². The zero-order valence-electron chi connectivity index (χ0n) is 13.1. The monoisotopic (exact) mass is 392 g/mol. The molecular formula is C19H13BrN4O. The van der Waals surface area contributed by atoms with Crippen LogP contribution in [0.25, 0.3) is 5.69 Å². The average Bonchev–Trinajstić information content (AvgIpc) is 3.05. The third-order valence-electron chi connectivity index (χ3n) is 4.30. The molecule has 4 rings (SSSR count). The zero-order valence-corrected chi connectivity index (χ0v) is 14.7. The van der Waals surface area contributed by atoms with Crippen molar-refractivity contribution in [3.8, 4) is 11.8 Å². The van der Waals surface area contributed by atoms with E-state index in [4.69, 9.17) is 5.26 Å². The number of rotatable bonds is 2. The number of anilines is 1. The van der Waals surface area contributed by atoms with Crippen molar-refractivity contribution in [1.29, 1.82) is 5.26 Å². The van der Waals surface area contributed by atoms with Crippen molar-refractivity contribution in [1.82, 2.24) is 9.55 Å². The maximum atomic E-state index is 12.3. The Morgan fingerprint density at radius 1 is 1.24 bits per heavy atom. The van der Waals surface area contributed by atoms with Gasteiger partial charge in [-0.2, -0.15) is 5.26 Å². The molecule has 1 aliphatic heterocycles. The van der Waals surface area contributed by atoms with E-state index < -0.39 is 0 Å². The van der Waals surface area contributed by atoms with Gasteiger partial charge in [0.1, 0.15) is 12.1 Å². The topological polar surface area (TPSA) is 70.7 Å². The molecule has 1 N–H and O–H groups in total. The van der Waals surface area contributed by atoms with Crippen LogP contribution in [0.1, 0.15) is 29.2 Å². The largest absolute Gasteiger partial charge is 0.310 e. The highest BCUT2D eigenvalue weighted by Gasteiger charge is 2.30. The van der Waals surface area contributed by atoms with Crippen molar-refractivity contribution in [2.24, 2.45) is 0 Å². The second-order valence-electron chi connectivity index (χ2n) is 5.87. The highest BCUT2D eigenvalue weighted by molar-refractivity contribution is 9.10. The number of fused-ring (bicyclic) bond motifs is 1. The molecule has 0 spiro atoms. The molecule has 0 fully saturated rings. The van der Waals surface area contributed by atoms with Gasteiger partial charge in [0.2, 0.25) is 5.91 Å². The van der Waals surface area contributed by atoms with Gasteiger partial charge in [-0.3, -0.25) is 9.36 Å². The summed E-state index contributed by atoms with van der Waals surface area (Å²) in [5, 5.41) is 11.9. The molecule has 0 radical (unpaired) electrons. The van der Waals surface area contributed by atoms with Crippen molar-refractivity contribution >= 4 is 27.7 Å². The molecule has 0 saturated heterocycles. The molecule has 1 aromatic heterocycles. The number of nitrogens with zero attached hydrogens (tertiary/aromatic N) is 3. The van der Waals surface area contributed by atoms with Gasteiger partial charge >= 0.3 is 0 Å². The maximum Gasteiger partial charge on any atom is 0.226 e. The number of nitriles is 1. The number of hydrogen-bond acceptors (Lipinski definition) is 3. The molecule has 5 nitrogen and oxygen atoms in total. The summed E-state index contributed by atoms with van der Waals surface area (Å²) in [6.07, 6.45) is 2.07. The average molecular weight is 393 g/mol. The van der Waals surface area contributed by atoms with Crippen LogP contribution in [0.4, 0.5) is 5.82 Å². The number of aromatic nitrogens is 2. The summed E-state index contributed by atoms with van der Waals surface area (Å²) in [5.41, 5.74) is 3.34. The van der Waals surface area contributed by atoms with Crippen molar-refractivity contribution in [3.05, 3.63) is 76.2 Å². The van der Waals surface area contributed by atoms with Crippen molar-refractivity contribution in [2.75, 3.05) is 5.32 Å². The fourth-order valence-corrected chi connectivity index (χ4v) is 3.48. The summed E-state index contributed by atoms with van der Waals surface area (Å²) in [7, 11) is 0. The van der Waals surface area contributed by atoms with Crippen molar-refractivity contribution in [3.63, 3.8) is 0 Å². The van der Waals surface area contributed by atoms with Crippen LogP contribution in [-0.4, -0.2) is 15.5 Å². The minimum absolute atomic E-state index is 0.0430. The molecule has 1 amide bonds. The van der Waals surface area contributed by atoms with Gasteiger partial charge in [-0.25, -0.2) is 4.98 Å². The van der Waals surface area contributed by atoms with E-state index in [0.717, 1.165) is 21.4 Å². The molecular weight excluding hydrogens is 380 g/mol. The molecule has 0 aliphatic carbocycles. The van der Waals surface area contributed by atoms with Gasteiger partial charge in [0.05, 0.1) is 17.3 Å². The Kier molecular flexibility index (Phi) is 3.86. The molecule has 0 saturated carbocycles. The second kappa shape index (κ2) is 6.19. The van der Waals surface area contributed by atoms with Gasteiger partial charge in [-0.1, -0.05) is 34.1 Å². The Labute approximate surface area is 153 Å². The molecule has 3 aromatic rings. The van der Waals surface area contributed by atoms with Crippen molar-refractivity contribution in [2.45, 2.75) is 12.3 Å². The van der Waals surface area contributed by atoms with E-state index in [1.807, 2.05) is 41.0 Å². The van der Waals surface area contributed by atoms with Crippen LogP contribution in [-0.2, 0) is 4.79 Å². The van der Waals surface area contributed by atoms with Crippen molar-refractivity contribution < 1.29 is 4.79 Å². The number of halogens is 1. The fourth-order valence-electron chi connectivity index (χ4n) is 3.09. The van der Waals surface area contributed by atoms with E-state index in [-0.39, 0.29) is 11.8 Å². The predicted molar refractivity (Wildman–Crippen MR) is 97.5 cm³/mol. The van der Waals surface area contributed by atoms with E-state index in [1.165, 1.54) is 0 Å². The summed E-state index contributed by atoms with van der Waals surface area (Å²) in [5.74, 6) is 0.534. The van der Waals surface area contributed by atoms with Crippen LogP contribution < -0.4 is 5.32 Å². The predicted octanol–water partition coefficient (Wildman–Crippen LogP) is 3.98.